The minimum absolute atomic E-state index is 0.432. The van der Waals surface area contributed by atoms with Gasteiger partial charge in [0.1, 0.15) is 5.75 Å². The van der Waals surface area contributed by atoms with Crippen LogP contribution >= 0.6 is 0 Å². The highest BCUT2D eigenvalue weighted by Crippen LogP contribution is 2.20. The second-order valence-electron chi connectivity index (χ2n) is 4.91. The number of likely N-dealkylation sites (tertiary alicyclic amines) is 1. The largest absolute Gasteiger partial charge is 0.497 e. The normalized spacial score (nSPS) is 20.1. The number of benzene rings is 1. The van der Waals surface area contributed by atoms with E-state index in [1.807, 2.05) is 12.1 Å². The van der Waals surface area contributed by atoms with Crippen LogP contribution < -0.4 is 10.2 Å². The molecule has 0 radical (unpaired) electrons. The van der Waals surface area contributed by atoms with Crippen molar-refractivity contribution in [2.45, 2.75) is 32.4 Å². The Morgan fingerprint density at radius 3 is 2.78 bits per heavy atom. The topological polar surface area (TPSA) is 52.9 Å². The highest BCUT2D eigenvalue weighted by molar-refractivity contribution is 6.59. The summed E-state index contributed by atoms with van der Waals surface area (Å²) in [5.74, 6) is 0.517. The van der Waals surface area contributed by atoms with Gasteiger partial charge in [0.2, 0.25) is 0 Å². The Hall–Kier alpha value is -1.04. The molecule has 1 heterocycles. The standard InChI is InChI=1S/C13H20BNO3/c1-10-4-3-7-15(10)9-11-5-6-13(18-2)12(8-11)14(16)17/h5-6,8,10,16-17H,3-4,7,9H2,1-2H3. The minimum atomic E-state index is -1.49. The van der Waals surface area contributed by atoms with E-state index >= 15 is 0 Å². The van der Waals surface area contributed by atoms with Crippen molar-refractivity contribution >= 4 is 12.6 Å². The SMILES string of the molecule is COc1ccc(CN2CCCC2C)cc1B(O)O. The molecular weight excluding hydrogens is 229 g/mol. The van der Waals surface area contributed by atoms with Gasteiger partial charge in [-0.05, 0) is 37.9 Å². The van der Waals surface area contributed by atoms with Gasteiger partial charge in [-0.25, -0.2) is 0 Å². The Balaban J connectivity index is 2.16. The molecule has 1 atom stereocenters. The molecule has 0 bridgehead atoms. The summed E-state index contributed by atoms with van der Waals surface area (Å²) < 4.78 is 5.12. The molecule has 1 aromatic rings. The van der Waals surface area contributed by atoms with Crippen LogP contribution in [0.5, 0.6) is 5.75 Å². The van der Waals surface area contributed by atoms with Crippen molar-refractivity contribution in [1.29, 1.82) is 0 Å². The van der Waals surface area contributed by atoms with E-state index in [1.165, 1.54) is 20.0 Å². The van der Waals surface area contributed by atoms with Gasteiger partial charge in [0.15, 0.2) is 0 Å². The van der Waals surface area contributed by atoms with Gasteiger partial charge in [0.05, 0.1) is 7.11 Å². The van der Waals surface area contributed by atoms with Crippen molar-refractivity contribution in [3.8, 4) is 5.75 Å². The van der Waals surface area contributed by atoms with Crippen molar-refractivity contribution in [3.63, 3.8) is 0 Å². The Kier molecular flexibility index (Phi) is 4.27. The molecule has 0 saturated carbocycles. The third-order valence-corrected chi connectivity index (χ3v) is 3.65. The molecule has 1 saturated heterocycles. The lowest BCUT2D eigenvalue weighted by molar-refractivity contribution is 0.260. The minimum Gasteiger partial charge on any atom is -0.497 e. The Labute approximate surface area is 108 Å². The molecule has 1 aromatic carbocycles. The molecule has 1 aliphatic heterocycles. The van der Waals surface area contributed by atoms with Gasteiger partial charge < -0.3 is 14.8 Å². The molecule has 18 heavy (non-hydrogen) atoms. The highest BCUT2D eigenvalue weighted by Gasteiger charge is 2.22. The number of rotatable bonds is 4. The number of hydrogen-bond donors (Lipinski definition) is 2. The fraction of sp³-hybridized carbons (Fsp3) is 0.538. The van der Waals surface area contributed by atoms with E-state index in [1.54, 1.807) is 6.07 Å². The molecule has 4 nitrogen and oxygen atoms in total. The molecule has 2 N–H and O–H groups in total. The average molecular weight is 249 g/mol. The predicted octanol–water partition coefficient (Wildman–Crippen LogP) is 0.359. The Bertz CT molecular complexity index is 411. The van der Waals surface area contributed by atoms with E-state index in [0.717, 1.165) is 18.7 Å². The zero-order valence-electron chi connectivity index (χ0n) is 11.0. The van der Waals surface area contributed by atoms with Gasteiger partial charge in [-0.2, -0.15) is 0 Å². The molecule has 2 rings (SSSR count). The summed E-state index contributed by atoms with van der Waals surface area (Å²) >= 11 is 0. The van der Waals surface area contributed by atoms with Crippen LogP contribution in [-0.4, -0.2) is 41.8 Å². The van der Waals surface area contributed by atoms with Crippen molar-refractivity contribution < 1.29 is 14.8 Å². The second-order valence-corrected chi connectivity index (χ2v) is 4.91. The Morgan fingerprint density at radius 1 is 1.44 bits per heavy atom. The second kappa shape index (κ2) is 5.74. The number of nitrogens with zero attached hydrogens (tertiary/aromatic N) is 1. The van der Waals surface area contributed by atoms with Gasteiger partial charge in [-0.1, -0.05) is 12.1 Å². The van der Waals surface area contributed by atoms with Crippen LogP contribution in [-0.2, 0) is 6.54 Å². The van der Waals surface area contributed by atoms with Crippen LogP contribution in [0.2, 0.25) is 0 Å². The lowest BCUT2D eigenvalue weighted by atomic mass is 9.78. The van der Waals surface area contributed by atoms with Gasteiger partial charge in [0.25, 0.3) is 0 Å². The van der Waals surface area contributed by atoms with Gasteiger partial charge in [-0.15, -0.1) is 0 Å². The zero-order valence-corrected chi connectivity index (χ0v) is 11.0. The lowest BCUT2D eigenvalue weighted by Crippen LogP contribution is -2.32. The summed E-state index contributed by atoms with van der Waals surface area (Å²) in [5.41, 5.74) is 1.52. The molecule has 0 aliphatic carbocycles. The summed E-state index contributed by atoms with van der Waals surface area (Å²) in [7, 11) is 0.0413. The summed E-state index contributed by atoms with van der Waals surface area (Å²) in [5, 5.41) is 18.7. The molecule has 0 aromatic heterocycles. The number of ether oxygens (including phenoxy) is 1. The van der Waals surface area contributed by atoms with Crippen LogP contribution in [0, 0.1) is 0 Å². The van der Waals surface area contributed by atoms with Crippen LogP contribution in [0.4, 0.5) is 0 Å². The first-order valence-electron chi connectivity index (χ1n) is 6.39. The van der Waals surface area contributed by atoms with Gasteiger partial charge in [-0.3, -0.25) is 4.90 Å². The smallest absolute Gasteiger partial charge is 0.492 e. The summed E-state index contributed by atoms with van der Waals surface area (Å²) in [6, 6.07) is 6.20. The van der Waals surface area contributed by atoms with E-state index in [4.69, 9.17) is 4.74 Å². The molecular formula is C13H20BNO3. The van der Waals surface area contributed by atoms with Crippen LogP contribution in [0.3, 0.4) is 0 Å². The van der Waals surface area contributed by atoms with Crippen LogP contribution in [0.25, 0.3) is 0 Å². The summed E-state index contributed by atoms with van der Waals surface area (Å²) in [4.78, 5) is 2.41. The van der Waals surface area contributed by atoms with Crippen LogP contribution in [0.1, 0.15) is 25.3 Å². The number of hydrogen-bond acceptors (Lipinski definition) is 4. The third-order valence-electron chi connectivity index (χ3n) is 3.65. The molecule has 1 fully saturated rings. The zero-order chi connectivity index (χ0) is 13.1. The molecule has 0 amide bonds. The summed E-state index contributed by atoms with van der Waals surface area (Å²) in [6.07, 6.45) is 2.48. The molecule has 1 aliphatic rings. The predicted molar refractivity (Wildman–Crippen MR) is 71.9 cm³/mol. The fourth-order valence-electron chi connectivity index (χ4n) is 2.55. The van der Waals surface area contributed by atoms with Crippen molar-refractivity contribution in [1.82, 2.24) is 4.90 Å². The van der Waals surface area contributed by atoms with E-state index in [9.17, 15) is 10.0 Å². The van der Waals surface area contributed by atoms with E-state index < -0.39 is 7.12 Å². The van der Waals surface area contributed by atoms with Crippen molar-refractivity contribution in [2.75, 3.05) is 13.7 Å². The molecule has 1 unspecified atom stereocenters. The van der Waals surface area contributed by atoms with E-state index in [2.05, 4.69) is 11.8 Å². The van der Waals surface area contributed by atoms with Crippen molar-refractivity contribution in [2.24, 2.45) is 0 Å². The maximum absolute atomic E-state index is 9.33. The van der Waals surface area contributed by atoms with E-state index in [-0.39, 0.29) is 0 Å². The molecule has 0 spiro atoms. The first-order chi connectivity index (χ1) is 8.61. The lowest BCUT2D eigenvalue weighted by Gasteiger charge is -2.21. The maximum Gasteiger partial charge on any atom is 0.492 e. The first-order valence-corrected chi connectivity index (χ1v) is 6.39. The van der Waals surface area contributed by atoms with E-state index in [0.29, 0.717) is 17.3 Å². The highest BCUT2D eigenvalue weighted by atomic mass is 16.5. The monoisotopic (exact) mass is 249 g/mol. The van der Waals surface area contributed by atoms with Gasteiger partial charge in [0, 0.05) is 18.0 Å². The Morgan fingerprint density at radius 2 is 2.22 bits per heavy atom. The molecule has 5 heteroatoms. The first kappa shape index (κ1) is 13.4. The fourth-order valence-corrected chi connectivity index (χ4v) is 2.55. The summed E-state index contributed by atoms with van der Waals surface area (Å²) in [6.45, 7) is 4.20. The average Bonchev–Trinajstić information content (AvgIpc) is 2.75. The van der Waals surface area contributed by atoms with Crippen molar-refractivity contribution in [3.05, 3.63) is 23.8 Å². The molecule has 98 valence electrons. The quantitative estimate of drug-likeness (QED) is 0.756. The maximum atomic E-state index is 9.33. The van der Waals surface area contributed by atoms with Crippen LogP contribution in [0.15, 0.2) is 18.2 Å². The third kappa shape index (κ3) is 2.86. The number of methoxy groups -OCH3 is 1. The van der Waals surface area contributed by atoms with Gasteiger partial charge >= 0.3 is 7.12 Å².